The lowest BCUT2D eigenvalue weighted by Crippen LogP contribution is -2.21. The van der Waals surface area contributed by atoms with Gasteiger partial charge in [-0.05, 0) is 38.3 Å². The van der Waals surface area contributed by atoms with Crippen LogP contribution in [0.4, 0.5) is 5.82 Å². The van der Waals surface area contributed by atoms with E-state index in [4.69, 9.17) is 9.47 Å². The number of anilines is 1. The zero-order valence-electron chi connectivity index (χ0n) is 12.3. The molecule has 2 rings (SSSR count). The third kappa shape index (κ3) is 3.71. The second-order valence-electron chi connectivity index (χ2n) is 4.99. The van der Waals surface area contributed by atoms with Crippen LogP contribution in [0.1, 0.15) is 36.5 Å². The normalized spacial score (nSPS) is 20.9. The number of ether oxygens (including phenoxy) is 2. The number of nitrogens with zero attached hydrogens (tertiary/aromatic N) is 1. The van der Waals surface area contributed by atoms with Gasteiger partial charge >= 0.3 is 11.9 Å². The Balaban J connectivity index is 2.04. The molecule has 0 spiro atoms. The van der Waals surface area contributed by atoms with Crippen LogP contribution in [0.25, 0.3) is 0 Å². The van der Waals surface area contributed by atoms with Crippen LogP contribution in [0.15, 0.2) is 18.3 Å². The molecule has 0 saturated heterocycles. The summed E-state index contributed by atoms with van der Waals surface area (Å²) >= 11 is 0. The van der Waals surface area contributed by atoms with Crippen LogP contribution in [0.3, 0.4) is 0 Å². The Morgan fingerprint density at radius 1 is 1.43 bits per heavy atom. The summed E-state index contributed by atoms with van der Waals surface area (Å²) in [6.45, 7) is 2.08. The molecule has 1 fully saturated rings. The van der Waals surface area contributed by atoms with Crippen molar-refractivity contribution in [3.8, 4) is 0 Å². The summed E-state index contributed by atoms with van der Waals surface area (Å²) in [6.07, 6.45) is 3.94. The van der Waals surface area contributed by atoms with Gasteiger partial charge in [-0.15, -0.1) is 0 Å². The molecular formula is C15H20N2O4. The quantitative estimate of drug-likeness (QED) is 0.836. The first-order chi connectivity index (χ1) is 10.2. The summed E-state index contributed by atoms with van der Waals surface area (Å²) in [4.78, 5) is 27.6. The van der Waals surface area contributed by atoms with Gasteiger partial charge in [0.25, 0.3) is 0 Å². The van der Waals surface area contributed by atoms with Crippen LogP contribution in [0.5, 0.6) is 0 Å². The molecule has 21 heavy (non-hydrogen) atoms. The van der Waals surface area contributed by atoms with Gasteiger partial charge in [0.1, 0.15) is 11.4 Å². The first kappa shape index (κ1) is 15.3. The first-order valence-corrected chi connectivity index (χ1v) is 7.12. The van der Waals surface area contributed by atoms with E-state index in [0.717, 1.165) is 12.8 Å². The summed E-state index contributed by atoms with van der Waals surface area (Å²) < 4.78 is 9.79. The van der Waals surface area contributed by atoms with Gasteiger partial charge in [-0.2, -0.15) is 0 Å². The smallest absolute Gasteiger partial charge is 0.341 e. The molecule has 1 aliphatic carbocycles. The number of hydrogen-bond acceptors (Lipinski definition) is 6. The van der Waals surface area contributed by atoms with Gasteiger partial charge in [-0.25, -0.2) is 9.78 Å². The van der Waals surface area contributed by atoms with E-state index in [0.29, 0.717) is 24.4 Å². The first-order valence-electron chi connectivity index (χ1n) is 7.12. The number of pyridine rings is 1. The predicted octanol–water partition coefficient (Wildman–Crippen LogP) is 2.01. The van der Waals surface area contributed by atoms with Crippen molar-refractivity contribution in [1.82, 2.24) is 4.98 Å². The molecule has 0 unspecified atom stereocenters. The lowest BCUT2D eigenvalue weighted by molar-refractivity contribution is -0.145. The zero-order valence-corrected chi connectivity index (χ0v) is 12.3. The number of rotatable bonds is 5. The maximum atomic E-state index is 11.9. The van der Waals surface area contributed by atoms with E-state index in [-0.39, 0.29) is 17.9 Å². The van der Waals surface area contributed by atoms with Crippen LogP contribution in [0.2, 0.25) is 0 Å². The monoisotopic (exact) mass is 292 g/mol. The Labute approximate surface area is 123 Å². The number of carbonyl (C=O) groups is 2. The maximum Gasteiger partial charge on any atom is 0.341 e. The van der Waals surface area contributed by atoms with E-state index in [1.807, 2.05) is 0 Å². The van der Waals surface area contributed by atoms with Crippen molar-refractivity contribution >= 4 is 17.8 Å². The molecule has 0 radical (unpaired) electrons. The number of hydrogen-bond donors (Lipinski definition) is 1. The van der Waals surface area contributed by atoms with E-state index in [1.165, 1.54) is 7.11 Å². The van der Waals surface area contributed by atoms with Gasteiger partial charge in [0, 0.05) is 12.2 Å². The number of carbonyl (C=O) groups excluding carboxylic acids is 2. The molecule has 1 aliphatic rings. The molecule has 0 aliphatic heterocycles. The van der Waals surface area contributed by atoms with Crippen molar-refractivity contribution in [2.75, 3.05) is 19.0 Å². The van der Waals surface area contributed by atoms with Crippen LogP contribution in [-0.2, 0) is 14.3 Å². The number of methoxy groups -OCH3 is 1. The van der Waals surface area contributed by atoms with Crippen LogP contribution in [-0.4, -0.2) is 36.7 Å². The minimum atomic E-state index is -0.393. The average molecular weight is 292 g/mol. The van der Waals surface area contributed by atoms with Gasteiger partial charge in [0.15, 0.2) is 0 Å². The van der Waals surface area contributed by atoms with Crippen molar-refractivity contribution in [3.05, 3.63) is 23.9 Å². The molecule has 1 aromatic heterocycles. The number of aromatic nitrogens is 1. The summed E-state index contributed by atoms with van der Waals surface area (Å²) in [5.41, 5.74) is 0.417. The maximum absolute atomic E-state index is 11.9. The van der Waals surface area contributed by atoms with E-state index >= 15 is 0 Å². The minimum absolute atomic E-state index is 0.0812. The average Bonchev–Trinajstić information content (AvgIpc) is 2.96. The van der Waals surface area contributed by atoms with E-state index < -0.39 is 5.97 Å². The third-order valence-corrected chi connectivity index (χ3v) is 3.61. The predicted molar refractivity (Wildman–Crippen MR) is 77.0 cm³/mol. The lowest BCUT2D eigenvalue weighted by atomic mass is 10.1. The second-order valence-corrected chi connectivity index (χ2v) is 4.99. The Morgan fingerprint density at radius 2 is 2.24 bits per heavy atom. The largest absolute Gasteiger partial charge is 0.469 e. The number of nitrogens with one attached hydrogen (secondary N) is 1. The highest BCUT2D eigenvalue weighted by molar-refractivity contribution is 5.94. The molecular weight excluding hydrogens is 272 g/mol. The molecule has 114 valence electrons. The van der Waals surface area contributed by atoms with Gasteiger partial charge in [0.05, 0.1) is 19.6 Å². The zero-order chi connectivity index (χ0) is 15.2. The van der Waals surface area contributed by atoms with E-state index in [9.17, 15) is 9.59 Å². The van der Waals surface area contributed by atoms with Crippen LogP contribution >= 0.6 is 0 Å². The van der Waals surface area contributed by atoms with Crippen molar-refractivity contribution < 1.29 is 19.1 Å². The van der Waals surface area contributed by atoms with Gasteiger partial charge in [-0.3, -0.25) is 4.79 Å². The Hall–Kier alpha value is -2.11. The SMILES string of the molecule is CCOC(=O)c1cccnc1N[C@@H]1CC[C@H](C(=O)OC)C1. The van der Waals surface area contributed by atoms with E-state index in [2.05, 4.69) is 10.3 Å². The Kier molecular flexibility index (Phi) is 5.14. The van der Waals surface area contributed by atoms with Gasteiger partial charge < -0.3 is 14.8 Å². The molecule has 6 nitrogen and oxygen atoms in total. The topological polar surface area (TPSA) is 77.5 Å². The summed E-state index contributed by atoms with van der Waals surface area (Å²) in [5.74, 6) is -0.143. The number of esters is 2. The van der Waals surface area contributed by atoms with Crippen molar-refractivity contribution in [2.24, 2.45) is 5.92 Å². The summed E-state index contributed by atoms with van der Waals surface area (Å²) in [5, 5.41) is 3.24. The third-order valence-electron chi connectivity index (χ3n) is 3.61. The van der Waals surface area contributed by atoms with Crippen molar-refractivity contribution in [3.63, 3.8) is 0 Å². The molecule has 2 atom stereocenters. The molecule has 1 N–H and O–H groups in total. The fraction of sp³-hybridized carbons (Fsp3) is 0.533. The summed E-state index contributed by atoms with van der Waals surface area (Å²) in [6, 6.07) is 3.49. The highest BCUT2D eigenvalue weighted by Crippen LogP contribution is 2.29. The molecule has 0 aromatic carbocycles. The molecule has 1 heterocycles. The van der Waals surface area contributed by atoms with Crippen molar-refractivity contribution in [1.29, 1.82) is 0 Å². The Morgan fingerprint density at radius 3 is 2.95 bits per heavy atom. The van der Waals surface area contributed by atoms with E-state index in [1.54, 1.807) is 25.3 Å². The standard InChI is InChI=1S/C15H20N2O4/c1-3-21-15(19)12-5-4-8-16-13(12)17-11-7-6-10(9-11)14(18)20-2/h4-5,8,10-11H,3,6-7,9H2,1-2H3,(H,16,17)/t10-,11+/m0/s1. The molecule has 6 heteroatoms. The van der Waals surface area contributed by atoms with Crippen LogP contribution < -0.4 is 5.32 Å². The summed E-state index contributed by atoms with van der Waals surface area (Å²) in [7, 11) is 1.40. The fourth-order valence-corrected chi connectivity index (χ4v) is 2.58. The molecule has 0 amide bonds. The van der Waals surface area contributed by atoms with Crippen LogP contribution in [0, 0.1) is 5.92 Å². The highest BCUT2D eigenvalue weighted by Gasteiger charge is 2.31. The molecule has 1 saturated carbocycles. The van der Waals surface area contributed by atoms with Crippen molar-refractivity contribution in [2.45, 2.75) is 32.2 Å². The second kappa shape index (κ2) is 7.06. The Bertz CT molecular complexity index is 518. The minimum Gasteiger partial charge on any atom is -0.469 e. The fourth-order valence-electron chi connectivity index (χ4n) is 2.58. The molecule has 1 aromatic rings. The highest BCUT2D eigenvalue weighted by atomic mass is 16.5. The van der Waals surface area contributed by atoms with Gasteiger partial charge in [0.2, 0.25) is 0 Å². The van der Waals surface area contributed by atoms with Gasteiger partial charge in [-0.1, -0.05) is 0 Å². The lowest BCUT2D eigenvalue weighted by Gasteiger charge is -2.15. The molecule has 0 bridgehead atoms.